The van der Waals surface area contributed by atoms with E-state index in [1.54, 1.807) is 24.3 Å². The number of benzene rings is 2. The van der Waals surface area contributed by atoms with Crippen molar-refractivity contribution >= 4 is 35.1 Å². The van der Waals surface area contributed by atoms with Crippen LogP contribution in [-0.2, 0) is 14.3 Å². The fraction of sp³-hybridized carbons (Fsp3) is 0.211. The van der Waals surface area contributed by atoms with E-state index in [0.29, 0.717) is 10.7 Å². The van der Waals surface area contributed by atoms with Gasteiger partial charge in [0.15, 0.2) is 6.61 Å². The summed E-state index contributed by atoms with van der Waals surface area (Å²) in [6, 6.07) is 10.3. The molecular weight excluding hydrogens is 391 g/mol. The van der Waals surface area contributed by atoms with Crippen LogP contribution < -0.4 is 10.1 Å². The third-order valence-electron chi connectivity index (χ3n) is 3.68. The molecule has 0 bridgehead atoms. The maximum atomic E-state index is 13.8. The van der Waals surface area contributed by atoms with Gasteiger partial charge in [0.1, 0.15) is 11.6 Å². The molecule has 0 saturated carbocycles. The molecule has 148 valence electrons. The summed E-state index contributed by atoms with van der Waals surface area (Å²) in [6.45, 7) is -0.918. The van der Waals surface area contributed by atoms with E-state index in [1.165, 1.54) is 26.3 Å². The van der Waals surface area contributed by atoms with Crippen LogP contribution in [0.15, 0.2) is 42.5 Å². The highest BCUT2D eigenvalue weighted by Crippen LogP contribution is 2.20. The Morgan fingerprint density at radius 3 is 2.54 bits per heavy atom. The van der Waals surface area contributed by atoms with E-state index >= 15 is 0 Å². The van der Waals surface area contributed by atoms with Gasteiger partial charge in [-0.2, -0.15) is 0 Å². The smallest absolute Gasteiger partial charge is 0.341 e. The number of hydrogen-bond acceptors (Lipinski definition) is 5. The SMILES string of the molecule is COc1ccc(C(=O)OCC(=O)N(C)CC(=O)Nc2ccccc2Cl)c(F)c1. The van der Waals surface area contributed by atoms with E-state index in [9.17, 15) is 18.8 Å². The first-order chi connectivity index (χ1) is 13.3. The Kier molecular flexibility index (Phi) is 7.34. The second-order valence-corrected chi connectivity index (χ2v) is 6.11. The van der Waals surface area contributed by atoms with Crippen LogP contribution in [0.1, 0.15) is 10.4 Å². The van der Waals surface area contributed by atoms with Gasteiger partial charge < -0.3 is 19.7 Å². The summed E-state index contributed by atoms with van der Waals surface area (Å²) in [5, 5.41) is 2.93. The summed E-state index contributed by atoms with van der Waals surface area (Å²) in [6.07, 6.45) is 0. The summed E-state index contributed by atoms with van der Waals surface area (Å²) < 4.78 is 23.5. The highest BCUT2D eigenvalue weighted by Gasteiger charge is 2.18. The molecule has 0 aliphatic carbocycles. The number of likely N-dealkylation sites (N-methyl/N-ethyl adjacent to an activating group) is 1. The summed E-state index contributed by atoms with van der Waals surface area (Å²) >= 11 is 5.95. The first kappa shape index (κ1) is 21.2. The minimum absolute atomic E-state index is 0.245. The zero-order valence-electron chi connectivity index (χ0n) is 15.2. The second-order valence-electron chi connectivity index (χ2n) is 5.70. The van der Waals surface area contributed by atoms with Gasteiger partial charge in [0.05, 0.1) is 29.9 Å². The number of esters is 1. The largest absolute Gasteiger partial charge is 0.497 e. The molecular formula is C19H18ClFN2O5. The quantitative estimate of drug-likeness (QED) is 0.712. The predicted octanol–water partition coefficient (Wildman–Crippen LogP) is 2.74. The molecule has 7 nitrogen and oxygen atoms in total. The van der Waals surface area contributed by atoms with Gasteiger partial charge >= 0.3 is 5.97 Å². The number of methoxy groups -OCH3 is 1. The zero-order valence-corrected chi connectivity index (χ0v) is 16.0. The molecule has 0 fully saturated rings. The van der Waals surface area contributed by atoms with Gasteiger partial charge in [0.25, 0.3) is 5.91 Å². The number of para-hydroxylation sites is 1. The molecule has 0 heterocycles. The molecule has 0 aliphatic rings. The monoisotopic (exact) mass is 408 g/mol. The van der Waals surface area contributed by atoms with Crippen LogP contribution in [-0.4, -0.2) is 50.0 Å². The summed E-state index contributed by atoms with van der Waals surface area (Å²) in [5.74, 6) is -2.69. The third kappa shape index (κ3) is 5.68. The van der Waals surface area contributed by atoms with Crippen molar-refractivity contribution < 1.29 is 28.2 Å². The van der Waals surface area contributed by atoms with Crippen molar-refractivity contribution in [1.29, 1.82) is 0 Å². The molecule has 28 heavy (non-hydrogen) atoms. The van der Waals surface area contributed by atoms with E-state index in [4.69, 9.17) is 21.1 Å². The van der Waals surface area contributed by atoms with Crippen LogP contribution in [0.4, 0.5) is 10.1 Å². The van der Waals surface area contributed by atoms with Crippen LogP contribution in [0.2, 0.25) is 5.02 Å². The number of anilines is 1. The lowest BCUT2D eigenvalue weighted by molar-refractivity contribution is -0.136. The molecule has 0 aliphatic heterocycles. The molecule has 0 unspecified atom stereocenters. The number of carbonyl (C=O) groups is 3. The Labute approximate surface area is 166 Å². The standard InChI is InChI=1S/C19H18ClFN2O5/c1-23(10-17(24)22-16-6-4-3-5-14(16)20)18(25)11-28-19(26)13-8-7-12(27-2)9-15(13)21/h3-9H,10-11H2,1-2H3,(H,22,24). The van der Waals surface area contributed by atoms with Gasteiger partial charge in [0.2, 0.25) is 5.91 Å². The van der Waals surface area contributed by atoms with Crippen molar-refractivity contribution in [2.45, 2.75) is 0 Å². The van der Waals surface area contributed by atoms with Crippen molar-refractivity contribution in [3.05, 3.63) is 58.9 Å². The summed E-state index contributed by atoms with van der Waals surface area (Å²) in [7, 11) is 2.74. The van der Waals surface area contributed by atoms with E-state index in [1.807, 2.05) is 0 Å². The summed E-state index contributed by atoms with van der Waals surface area (Å²) in [5.41, 5.74) is 0.0872. The topological polar surface area (TPSA) is 84.9 Å². The second kappa shape index (κ2) is 9.70. The molecule has 0 aromatic heterocycles. The van der Waals surface area contributed by atoms with Gasteiger partial charge in [0, 0.05) is 13.1 Å². The van der Waals surface area contributed by atoms with Crippen molar-refractivity contribution in [3.63, 3.8) is 0 Å². The average Bonchev–Trinajstić information content (AvgIpc) is 2.67. The highest BCUT2D eigenvalue weighted by molar-refractivity contribution is 6.33. The molecule has 0 saturated heterocycles. The van der Waals surface area contributed by atoms with Crippen molar-refractivity contribution in [3.8, 4) is 5.75 Å². The molecule has 2 aromatic carbocycles. The first-order valence-electron chi connectivity index (χ1n) is 8.11. The third-order valence-corrected chi connectivity index (χ3v) is 4.01. The first-order valence-corrected chi connectivity index (χ1v) is 8.48. The average molecular weight is 409 g/mol. The van der Waals surface area contributed by atoms with Crippen molar-refractivity contribution in [2.75, 3.05) is 32.6 Å². The Bertz CT molecular complexity index is 890. The number of hydrogen-bond donors (Lipinski definition) is 1. The zero-order chi connectivity index (χ0) is 20.7. The fourth-order valence-electron chi connectivity index (χ4n) is 2.16. The Hall–Kier alpha value is -3.13. The number of ether oxygens (including phenoxy) is 2. The fourth-order valence-corrected chi connectivity index (χ4v) is 2.34. The van der Waals surface area contributed by atoms with Crippen LogP contribution in [0.25, 0.3) is 0 Å². The minimum atomic E-state index is -0.998. The van der Waals surface area contributed by atoms with Crippen LogP contribution in [0, 0.1) is 5.82 Å². The van der Waals surface area contributed by atoms with E-state index < -0.39 is 30.2 Å². The van der Waals surface area contributed by atoms with Gasteiger partial charge in [-0.1, -0.05) is 23.7 Å². The molecule has 2 rings (SSSR count). The number of halogens is 2. The molecule has 0 atom stereocenters. The molecule has 0 spiro atoms. The van der Waals surface area contributed by atoms with Crippen molar-refractivity contribution in [2.24, 2.45) is 0 Å². The number of nitrogens with zero attached hydrogens (tertiary/aromatic N) is 1. The van der Waals surface area contributed by atoms with Gasteiger partial charge in [-0.3, -0.25) is 9.59 Å². The minimum Gasteiger partial charge on any atom is -0.497 e. The van der Waals surface area contributed by atoms with Gasteiger partial charge in [-0.05, 0) is 24.3 Å². The van der Waals surface area contributed by atoms with E-state index in [0.717, 1.165) is 11.0 Å². The molecule has 1 N–H and O–H groups in total. The highest BCUT2D eigenvalue weighted by atomic mass is 35.5. The Morgan fingerprint density at radius 1 is 1.18 bits per heavy atom. The lowest BCUT2D eigenvalue weighted by Crippen LogP contribution is -2.37. The van der Waals surface area contributed by atoms with E-state index in [2.05, 4.69) is 5.32 Å². The molecule has 9 heteroatoms. The Balaban J connectivity index is 1.86. The normalized spacial score (nSPS) is 10.1. The molecule has 2 amide bonds. The molecule has 0 radical (unpaired) electrons. The number of rotatable bonds is 7. The van der Waals surface area contributed by atoms with Gasteiger partial charge in [-0.25, -0.2) is 9.18 Å². The van der Waals surface area contributed by atoms with Crippen molar-refractivity contribution in [1.82, 2.24) is 4.90 Å². The van der Waals surface area contributed by atoms with Crippen LogP contribution in [0.5, 0.6) is 5.75 Å². The number of nitrogens with one attached hydrogen (secondary N) is 1. The van der Waals surface area contributed by atoms with E-state index in [-0.39, 0.29) is 17.9 Å². The lowest BCUT2D eigenvalue weighted by Gasteiger charge is -2.17. The maximum Gasteiger partial charge on any atom is 0.341 e. The number of carbonyl (C=O) groups excluding carboxylic acids is 3. The lowest BCUT2D eigenvalue weighted by atomic mass is 10.2. The molecule has 2 aromatic rings. The maximum absolute atomic E-state index is 13.8. The Morgan fingerprint density at radius 2 is 1.89 bits per heavy atom. The van der Waals surface area contributed by atoms with Crippen LogP contribution in [0.3, 0.4) is 0 Å². The predicted molar refractivity (Wildman–Crippen MR) is 101 cm³/mol. The summed E-state index contributed by atoms with van der Waals surface area (Å²) in [4.78, 5) is 37.1. The van der Waals surface area contributed by atoms with Gasteiger partial charge in [-0.15, -0.1) is 0 Å². The van der Waals surface area contributed by atoms with Crippen LogP contribution >= 0.6 is 11.6 Å². The number of amides is 2.